The van der Waals surface area contributed by atoms with Crippen LogP contribution in [0.25, 0.3) is 11.1 Å². The van der Waals surface area contributed by atoms with Gasteiger partial charge in [0.2, 0.25) is 0 Å². The van der Waals surface area contributed by atoms with Crippen molar-refractivity contribution in [2.45, 2.75) is 0 Å². The maximum atomic E-state index is 5.77. The summed E-state index contributed by atoms with van der Waals surface area (Å²) in [5.74, 6) is 0.683. The van der Waals surface area contributed by atoms with Crippen LogP contribution in [0.5, 0.6) is 0 Å². The smallest absolute Gasteiger partial charge is 0.112 e. The maximum absolute atomic E-state index is 5.77. The van der Waals surface area contributed by atoms with Gasteiger partial charge in [0.25, 0.3) is 0 Å². The van der Waals surface area contributed by atoms with E-state index >= 15 is 0 Å². The fourth-order valence-corrected chi connectivity index (χ4v) is 1.35. The van der Waals surface area contributed by atoms with Crippen LogP contribution in [-0.2, 0) is 0 Å². The Hall–Kier alpha value is -1.21. The minimum absolute atomic E-state index is 0.683. The van der Waals surface area contributed by atoms with Crippen LogP contribution < -0.4 is 0 Å². The molecule has 65 valence electrons. The summed E-state index contributed by atoms with van der Waals surface area (Å²) < 4.78 is 5.11. The Morgan fingerprint density at radius 1 is 1.08 bits per heavy atom. The minimum atomic E-state index is 0.683. The molecule has 0 saturated heterocycles. The van der Waals surface area contributed by atoms with Gasteiger partial charge in [-0.25, -0.2) is 0 Å². The number of furan rings is 1. The molecule has 0 saturated carbocycles. The largest absolute Gasteiger partial charge is 0.469 e. The first kappa shape index (κ1) is 8.39. The normalized spacial score (nSPS) is 10.3. The highest BCUT2D eigenvalue weighted by molar-refractivity contribution is 6.30. The quantitative estimate of drug-likeness (QED) is 0.669. The van der Waals surface area contributed by atoms with Gasteiger partial charge in [0, 0.05) is 17.5 Å². The van der Waals surface area contributed by atoms with Gasteiger partial charge in [0.1, 0.15) is 5.76 Å². The predicted molar refractivity (Wildman–Crippen MR) is 53.6 cm³/mol. The van der Waals surface area contributed by atoms with E-state index in [1.54, 1.807) is 6.26 Å². The number of halogens is 1. The van der Waals surface area contributed by atoms with Crippen molar-refractivity contribution in [3.05, 3.63) is 54.3 Å². The lowest BCUT2D eigenvalue weighted by Crippen LogP contribution is -1.75. The van der Waals surface area contributed by atoms with Crippen molar-refractivity contribution in [3.8, 4) is 11.1 Å². The van der Waals surface area contributed by atoms with Crippen molar-refractivity contribution >= 4 is 11.6 Å². The summed E-state index contributed by atoms with van der Waals surface area (Å²) in [5, 5.41) is 0.734. The maximum Gasteiger partial charge on any atom is 0.112 e. The van der Waals surface area contributed by atoms with Crippen molar-refractivity contribution in [3.63, 3.8) is 0 Å². The van der Waals surface area contributed by atoms with E-state index in [2.05, 4.69) is 6.92 Å². The molecule has 0 aliphatic rings. The van der Waals surface area contributed by atoms with Crippen LogP contribution in [0.1, 0.15) is 5.76 Å². The number of benzene rings is 1. The molecule has 2 aromatic rings. The van der Waals surface area contributed by atoms with Gasteiger partial charge in [-0.3, -0.25) is 0 Å². The molecule has 1 heterocycles. The standard InChI is InChI=1S/C11H8ClO/c1-8-11(6-7-13-8)9-2-4-10(12)5-3-9/h2-7H,1H2. The van der Waals surface area contributed by atoms with Gasteiger partial charge in [-0.2, -0.15) is 0 Å². The lowest BCUT2D eigenvalue weighted by molar-refractivity contribution is 0.550. The fourth-order valence-electron chi connectivity index (χ4n) is 1.23. The van der Waals surface area contributed by atoms with E-state index in [4.69, 9.17) is 16.0 Å². The molecule has 1 aromatic heterocycles. The lowest BCUT2D eigenvalue weighted by Gasteiger charge is -1.98. The van der Waals surface area contributed by atoms with Gasteiger partial charge in [0.15, 0.2) is 0 Å². The molecule has 2 rings (SSSR count). The van der Waals surface area contributed by atoms with Crippen LogP contribution >= 0.6 is 11.6 Å². The van der Waals surface area contributed by atoms with Gasteiger partial charge < -0.3 is 4.42 Å². The van der Waals surface area contributed by atoms with Crippen LogP contribution in [0, 0.1) is 6.92 Å². The third-order valence-corrected chi connectivity index (χ3v) is 2.15. The topological polar surface area (TPSA) is 13.1 Å². The highest BCUT2D eigenvalue weighted by Crippen LogP contribution is 2.25. The molecule has 0 spiro atoms. The Morgan fingerprint density at radius 2 is 1.77 bits per heavy atom. The zero-order valence-electron chi connectivity index (χ0n) is 6.96. The van der Waals surface area contributed by atoms with E-state index in [1.807, 2.05) is 30.3 Å². The van der Waals surface area contributed by atoms with Crippen LogP contribution in [0.3, 0.4) is 0 Å². The van der Waals surface area contributed by atoms with Crippen LogP contribution in [0.15, 0.2) is 41.0 Å². The predicted octanol–water partition coefficient (Wildman–Crippen LogP) is 3.78. The molecular formula is C11H8ClO. The van der Waals surface area contributed by atoms with Crippen molar-refractivity contribution in [1.29, 1.82) is 0 Å². The molecule has 0 fully saturated rings. The highest BCUT2D eigenvalue weighted by Gasteiger charge is 2.03. The van der Waals surface area contributed by atoms with Gasteiger partial charge in [-0.1, -0.05) is 23.7 Å². The Labute approximate surface area is 82.0 Å². The second-order valence-corrected chi connectivity index (χ2v) is 3.20. The molecule has 0 amide bonds. The summed E-state index contributed by atoms with van der Waals surface area (Å²) >= 11 is 5.77. The van der Waals surface area contributed by atoms with Crippen molar-refractivity contribution in [1.82, 2.24) is 0 Å². The summed E-state index contributed by atoms with van der Waals surface area (Å²) in [5.41, 5.74) is 2.08. The molecule has 0 aliphatic carbocycles. The first-order valence-electron chi connectivity index (χ1n) is 3.93. The molecular weight excluding hydrogens is 184 g/mol. The SMILES string of the molecule is [CH2]c1occc1-c1ccc(Cl)cc1. The number of hydrogen-bond donors (Lipinski definition) is 0. The van der Waals surface area contributed by atoms with Crippen molar-refractivity contribution in [2.75, 3.05) is 0 Å². The Kier molecular flexibility index (Phi) is 2.11. The summed E-state index contributed by atoms with van der Waals surface area (Å²) in [6, 6.07) is 9.49. The average molecular weight is 192 g/mol. The van der Waals surface area contributed by atoms with Crippen molar-refractivity contribution < 1.29 is 4.42 Å². The fraction of sp³-hybridized carbons (Fsp3) is 0. The molecule has 0 aliphatic heterocycles. The Balaban J connectivity index is 2.47. The molecule has 2 heteroatoms. The summed E-state index contributed by atoms with van der Waals surface area (Å²) in [6.07, 6.45) is 1.63. The molecule has 1 nitrogen and oxygen atoms in total. The zero-order chi connectivity index (χ0) is 9.26. The van der Waals surface area contributed by atoms with E-state index in [-0.39, 0.29) is 0 Å². The van der Waals surface area contributed by atoms with E-state index in [1.165, 1.54) is 0 Å². The first-order chi connectivity index (χ1) is 6.27. The highest BCUT2D eigenvalue weighted by atomic mass is 35.5. The Bertz CT molecular complexity index is 400. The van der Waals surface area contributed by atoms with Crippen LogP contribution in [0.2, 0.25) is 5.02 Å². The van der Waals surface area contributed by atoms with Crippen LogP contribution in [-0.4, -0.2) is 0 Å². The van der Waals surface area contributed by atoms with E-state index < -0.39 is 0 Å². The molecule has 1 aromatic carbocycles. The van der Waals surface area contributed by atoms with Crippen molar-refractivity contribution in [2.24, 2.45) is 0 Å². The van der Waals surface area contributed by atoms with Gasteiger partial charge >= 0.3 is 0 Å². The summed E-state index contributed by atoms with van der Waals surface area (Å²) in [6.45, 7) is 3.78. The molecule has 0 N–H and O–H groups in total. The van der Waals surface area contributed by atoms with E-state index in [0.29, 0.717) is 5.76 Å². The second kappa shape index (κ2) is 3.27. The molecule has 0 atom stereocenters. The lowest BCUT2D eigenvalue weighted by atomic mass is 10.1. The average Bonchev–Trinajstić information content (AvgIpc) is 2.53. The molecule has 1 radical (unpaired) electrons. The molecule has 13 heavy (non-hydrogen) atoms. The van der Waals surface area contributed by atoms with Gasteiger partial charge in [-0.05, 0) is 23.8 Å². The van der Waals surface area contributed by atoms with Gasteiger partial charge in [0.05, 0.1) is 6.26 Å². The summed E-state index contributed by atoms with van der Waals surface area (Å²) in [7, 11) is 0. The van der Waals surface area contributed by atoms with Gasteiger partial charge in [-0.15, -0.1) is 0 Å². The van der Waals surface area contributed by atoms with E-state index in [0.717, 1.165) is 16.1 Å². The van der Waals surface area contributed by atoms with Crippen LogP contribution in [0.4, 0.5) is 0 Å². The number of hydrogen-bond acceptors (Lipinski definition) is 1. The third kappa shape index (κ3) is 1.61. The molecule has 0 bridgehead atoms. The monoisotopic (exact) mass is 191 g/mol. The third-order valence-electron chi connectivity index (χ3n) is 1.90. The first-order valence-corrected chi connectivity index (χ1v) is 4.30. The zero-order valence-corrected chi connectivity index (χ0v) is 7.71. The Morgan fingerprint density at radius 3 is 2.31 bits per heavy atom. The molecule has 0 unspecified atom stereocenters. The van der Waals surface area contributed by atoms with E-state index in [9.17, 15) is 0 Å². The second-order valence-electron chi connectivity index (χ2n) is 2.76. The summed E-state index contributed by atoms with van der Waals surface area (Å²) in [4.78, 5) is 0. The minimum Gasteiger partial charge on any atom is -0.469 e. The number of rotatable bonds is 1.